The molecule has 21 heavy (non-hydrogen) atoms. The molecule has 1 aliphatic rings. The van der Waals surface area contributed by atoms with Crippen LogP contribution in [0.3, 0.4) is 0 Å². The molecule has 0 saturated carbocycles. The number of amides is 1. The van der Waals surface area contributed by atoms with Gasteiger partial charge in [0, 0.05) is 6.07 Å². The van der Waals surface area contributed by atoms with Gasteiger partial charge in [-0.3, -0.25) is 19.3 Å². The lowest BCUT2D eigenvalue weighted by atomic mass is 10.1. The zero-order valence-electron chi connectivity index (χ0n) is 12.2. The molecule has 0 aromatic heterocycles. The average Bonchev–Trinajstić information content (AvgIpc) is 2.69. The van der Waals surface area contributed by atoms with Crippen LogP contribution in [-0.2, 0) is 9.59 Å². The van der Waals surface area contributed by atoms with E-state index in [0.29, 0.717) is 5.75 Å². The van der Waals surface area contributed by atoms with E-state index >= 15 is 0 Å². The minimum atomic E-state index is -0.770. The summed E-state index contributed by atoms with van der Waals surface area (Å²) in [5.74, 6) is -1.08. The Labute approximate surface area is 121 Å². The first-order valence-electron chi connectivity index (χ1n) is 6.14. The summed E-state index contributed by atoms with van der Waals surface area (Å²) in [4.78, 5) is 36.6. The molecule has 1 aromatic carbocycles. The molecule has 0 unspecified atom stereocenters. The zero-order valence-corrected chi connectivity index (χ0v) is 12.2. The minimum Gasteiger partial charge on any atom is -0.493 e. The van der Waals surface area contributed by atoms with Crippen molar-refractivity contribution in [3.05, 3.63) is 11.6 Å². The van der Waals surface area contributed by atoms with Crippen molar-refractivity contribution >= 4 is 23.2 Å². The highest BCUT2D eigenvalue weighted by Crippen LogP contribution is 2.47. The Balaban J connectivity index is 2.72. The fourth-order valence-corrected chi connectivity index (χ4v) is 2.29. The summed E-state index contributed by atoms with van der Waals surface area (Å²) in [5, 5.41) is 0. The van der Waals surface area contributed by atoms with Crippen molar-refractivity contribution in [2.24, 2.45) is 0 Å². The number of nitrogens with zero attached hydrogens (tertiary/aromatic N) is 1. The molecule has 1 aromatic rings. The maximum atomic E-state index is 12.2. The smallest absolute Gasteiger partial charge is 0.300 e. The van der Waals surface area contributed by atoms with Crippen LogP contribution in [0, 0.1) is 0 Å². The van der Waals surface area contributed by atoms with Crippen molar-refractivity contribution in [1.82, 2.24) is 0 Å². The van der Waals surface area contributed by atoms with Gasteiger partial charge in [-0.15, -0.1) is 0 Å². The lowest BCUT2D eigenvalue weighted by molar-refractivity contribution is -0.119. The summed E-state index contributed by atoms with van der Waals surface area (Å²) in [5.41, 5.74) is 0.371. The first-order chi connectivity index (χ1) is 9.96. The van der Waals surface area contributed by atoms with Gasteiger partial charge in [0.15, 0.2) is 11.5 Å². The van der Waals surface area contributed by atoms with Gasteiger partial charge in [0.05, 0.1) is 39.1 Å². The van der Waals surface area contributed by atoms with Gasteiger partial charge < -0.3 is 14.2 Å². The maximum absolute atomic E-state index is 12.2. The standard InChI is InChI=1S/C14H15NO6/c1-7(16)6-15-8-5-9(19-2)12(20-3)13(21-4)10(8)11(17)14(15)18/h5H,6H2,1-4H3. The van der Waals surface area contributed by atoms with Gasteiger partial charge >= 0.3 is 0 Å². The van der Waals surface area contributed by atoms with E-state index in [9.17, 15) is 14.4 Å². The van der Waals surface area contributed by atoms with Crippen LogP contribution in [0.2, 0.25) is 0 Å². The lowest BCUT2D eigenvalue weighted by Gasteiger charge is -2.18. The Hall–Kier alpha value is -2.57. The fraction of sp³-hybridized carbons (Fsp3) is 0.357. The van der Waals surface area contributed by atoms with Gasteiger partial charge in [-0.2, -0.15) is 0 Å². The van der Waals surface area contributed by atoms with Gasteiger partial charge in [-0.25, -0.2) is 0 Å². The SMILES string of the molecule is COc1cc2c(c(OC)c1OC)C(=O)C(=O)N2CC(C)=O. The van der Waals surface area contributed by atoms with Gasteiger partial charge in [-0.05, 0) is 6.92 Å². The number of carbonyl (C=O) groups is 3. The van der Waals surface area contributed by atoms with Crippen LogP contribution in [0.15, 0.2) is 6.07 Å². The van der Waals surface area contributed by atoms with Crippen molar-refractivity contribution < 1.29 is 28.6 Å². The summed E-state index contributed by atoms with van der Waals surface area (Å²) >= 11 is 0. The lowest BCUT2D eigenvalue weighted by Crippen LogP contribution is -2.33. The molecule has 2 rings (SSSR count). The van der Waals surface area contributed by atoms with Crippen LogP contribution in [0.1, 0.15) is 17.3 Å². The number of ether oxygens (including phenoxy) is 3. The second-order valence-electron chi connectivity index (χ2n) is 4.46. The molecule has 0 N–H and O–H groups in total. The van der Waals surface area contributed by atoms with Crippen LogP contribution < -0.4 is 19.1 Å². The number of methoxy groups -OCH3 is 3. The van der Waals surface area contributed by atoms with Gasteiger partial charge in [0.1, 0.15) is 5.78 Å². The molecule has 0 radical (unpaired) electrons. The van der Waals surface area contributed by atoms with E-state index in [0.717, 1.165) is 4.90 Å². The Bertz CT molecular complexity index is 637. The summed E-state index contributed by atoms with van der Waals surface area (Å²) in [6.45, 7) is 1.16. The van der Waals surface area contributed by atoms with E-state index in [1.807, 2.05) is 0 Å². The molecule has 0 aliphatic carbocycles. The Morgan fingerprint density at radius 2 is 1.71 bits per heavy atom. The second-order valence-corrected chi connectivity index (χ2v) is 4.46. The topological polar surface area (TPSA) is 82.1 Å². The van der Waals surface area contributed by atoms with Gasteiger partial charge in [0.2, 0.25) is 5.75 Å². The third-order valence-electron chi connectivity index (χ3n) is 3.15. The van der Waals surface area contributed by atoms with Crippen molar-refractivity contribution in [3.63, 3.8) is 0 Å². The molecule has 7 heteroatoms. The van der Waals surface area contributed by atoms with Gasteiger partial charge in [0.25, 0.3) is 11.7 Å². The third-order valence-corrected chi connectivity index (χ3v) is 3.15. The fourth-order valence-electron chi connectivity index (χ4n) is 2.29. The van der Waals surface area contributed by atoms with E-state index < -0.39 is 11.7 Å². The maximum Gasteiger partial charge on any atom is 0.300 e. The summed E-state index contributed by atoms with van der Waals surface area (Å²) in [7, 11) is 4.20. The Morgan fingerprint density at radius 3 is 2.19 bits per heavy atom. The average molecular weight is 293 g/mol. The quantitative estimate of drug-likeness (QED) is 0.748. The monoisotopic (exact) mass is 293 g/mol. The molecule has 1 heterocycles. The van der Waals surface area contributed by atoms with Crippen molar-refractivity contribution in [3.8, 4) is 17.2 Å². The molecule has 0 bridgehead atoms. The minimum absolute atomic E-state index is 0.0846. The summed E-state index contributed by atoms with van der Waals surface area (Å²) < 4.78 is 15.6. The second kappa shape index (κ2) is 5.43. The van der Waals surface area contributed by atoms with Crippen LogP contribution in [0.4, 0.5) is 5.69 Å². The van der Waals surface area contributed by atoms with Crippen molar-refractivity contribution in [2.75, 3.05) is 32.8 Å². The van der Waals surface area contributed by atoms with E-state index in [-0.39, 0.29) is 35.1 Å². The predicted octanol–water partition coefficient (Wildman–Crippen LogP) is 0.831. The molecule has 112 valence electrons. The van der Waals surface area contributed by atoms with E-state index in [1.54, 1.807) is 0 Å². The molecule has 0 fully saturated rings. The number of Topliss-reactive ketones (excluding diaryl/α,β-unsaturated/α-hetero) is 2. The molecule has 1 amide bonds. The Morgan fingerprint density at radius 1 is 1.10 bits per heavy atom. The van der Waals surface area contributed by atoms with E-state index in [4.69, 9.17) is 14.2 Å². The number of anilines is 1. The largest absolute Gasteiger partial charge is 0.493 e. The zero-order chi connectivity index (χ0) is 15.7. The molecule has 7 nitrogen and oxygen atoms in total. The van der Waals surface area contributed by atoms with Crippen LogP contribution in [-0.4, -0.2) is 45.3 Å². The van der Waals surface area contributed by atoms with Crippen LogP contribution in [0.5, 0.6) is 17.2 Å². The highest BCUT2D eigenvalue weighted by atomic mass is 16.5. The number of carbonyl (C=O) groups excluding carboxylic acids is 3. The van der Waals surface area contributed by atoms with Crippen LogP contribution in [0.25, 0.3) is 0 Å². The number of ketones is 2. The first kappa shape index (κ1) is 14.8. The Kier molecular flexibility index (Phi) is 3.84. The van der Waals surface area contributed by atoms with Crippen LogP contribution >= 0.6 is 0 Å². The van der Waals surface area contributed by atoms with E-state index in [1.165, 1.54) is 34.3 Å². The predicted molar refractivity (Wildman–Crippen MR) is 73.5 cm³/mol. The normalized spacial score (nSPS) is 13.2. The molecule has 0 atom stereocenters. The number of benzene rings is 1. The third kappa shape index (κ3) is 2.20. The number of hydrogen-bond acceptors (Lipinski definition) is 6. The molecule has 0 saturated heterocycles. The molecular weight excluding hydrogens is 278 g/mol. The van der Waals surface area contributed by atoms with Gasteiger partial charge in [-0.1, -0.05) is 0 Å². The molecule has 0 spiro atoms. The summed E-state index contributed by atoms with van der Waals surface area (Å²) in [6.07, 6.45) is 0. The summed E-state index contributed by atoms with van der Waals surface area (Å²) in [6, 6.07) is 1.49. The molecule has 1 aliphatic heterocycles. The van der Waals surface area contributed by atoms with E-state index in [2.05, 4.69) is 0 Å². The highest BCUT2D eigenvalue weighted by Gasteiger charge is 2.41. The number of hydrogen-bond donors (Lipinski definition) is 0. The highest BCUT2D eigenvalue weighted by molar-refractivity contribution is 6.53. The number of rotatable bonds is 5. The van der Waals surface area contributed by atoms with Crippen molar-refractivity contribution in [1.29, 1.82) is 0 Å². The number of fused-ring (bicyclic) bond motifs is 1. The molecular formula is C14H15NO6. The van der Waals surface area contributed by atoms with Crippen molar-refractivity contribution in [2.45, 2.75) is 6.92 Å². The first-order valence-corrected chi connectivity index (χ1v) is 6.14.